The minimum atomic E-state index is -0.150. The molecule has 0 heterocycles. The molecule has 1 saturated carbocycles. The number of allylic oxidation sites excluding steroid dienone is 1. The summed E-state index contributed by atoms with van der Waals surface area (Å²) in [4.78, 5) is 13.7. The van der Waals surface area contributed by atoms with Gasteiger partial charge in [0, 0.05) is 0 Å². The first-order valence-electron chi connectivity index (χ1n) is 7.63. The van der Waals surface area contributed by atoms with Crippen LogP contribution in [-0.2, 0) is 9.53 Å². The molecule has 0 N–H and O–H groups in total. The predicted octanol–water partition coefficient (Wildman–Crippen LogP) is 3.40. The van der Waals surface area contributed by atoms with Gasteiger partial charge in [-0.05, 0) is 39.8 Å². The maximum Gasteiger partial charge on any atom is 0.323 e. The Hall–Kier alpha value is -0.830. The van der Waals surface area contributed by atoms with Gasteiger partial charge in [-0.2, -0.15) is 0 Å². The molecule has 0 aromatic carbocycles. The molecule has 1 rings (SSSR count). The maximum absolute atomic E-state index is 11.8. The van der Waals surface area contributed by atoms with Crippen LogP contribution in [0.25, 0.3) is 0 Å². The minimum Gasteiger partial charge on any atom is -0.465 e. The van der Waals surface area contributed by atoms with E-state index in [4.69, 9.17) is 4.74 Å². The first kappa shape index (κ1) is 16.2. The Bertz CT molecular complexity index is 280. The highest BCUT2D eigenvalue weighted by molar-refractivity contribution is 5.75. The summed E-state index contributed by atoms with van der Waals surface area (Å²) in [7, 11) is 3.85. The number of esters is 1. The zero-order valence-electron chi connectivity index (χ0n) is 12.7. The molecule has 1 aliphatic rings. The molecule has 0 aromatic rings. The van der Waals surface area contributed by atoms with Crippen molar-refractivity contribution in [2.75, 3.05) is 20.7 Å². The Kier molecular flexibility index (Phi) is 7.80. The van der Waals surface area contributed by atoms with Gasteiger partial charge < -0.3 is 4.74 Å². The number of likely N-dealkylation sites (N-methyl/N-ethyl adjacent to an activating group) is 1. The molecule has 0 aliphatic heterocycles. The molecule has 0 saturated heterocycles. The summed E-state index contributed by atoms with van der Waals surface area (Å²) >= 11 is 0. The second-order valence-electron chi connectivity index (χ2n) is 5.68. The molecule has 3 nitrogen and oxygen atoms in total. The van der Waals surface area contributed by atoms with Crippen molar-refractivity contribution in [1.82, 2.24) is 4.90 Å². The highest BCUT2D eigenvalue weighted by Gasteiger charge is 2.20. The zero-order chi connectivity index (χ0) is 14.1. The molecule has 110 valence electrons. The van der Waals surface area contributed by atoms with Crippen LogP contribution >= 0.6 is 0 Å². The van der Waals surface area contributed by atoms with E-state index in [1.165, 1.54) is 38.5 Å². The lowest BCUT2D eigenvalue weighted by Gasteiger charge is -2.21. The summed E-state index contributed by atoms with van der Waals surface area (Å²) in [5, 5.41) is 0. The molecule has 1 unspecified atom stereocenters. The van der Waals surface area contributed by atoms with Gasteiger partial charge in [-0.25, -0.2) is 0 Å². The van der Waals surface area contributed by atoms with Gasteiger partial charge in [0.2, 0.25) is 0 Å². The summed E-state index contributed by atoms with van der Waals surface area (Å²) in [6, 6.07) is -0.150. The lowest BCUT2D eigenvalue weighted by molar-refractivity contribution is -0.148. The highest BCUT2D eigenvalue weighted by Crippen LogP contribution is 2.26. The lowest BCUT2D eigenvalue weighted by atomic mass is 9.87. The van der Waals surface area contributed by atoms with Crippen molar-refractivity contribution in [3.8, 4) is 0 Å². The summed E-state index contributed by atoms with van der Waals surface area (Å²) in [6.07, 6.45) is 13.3. The summed E-state index contributed by atoms with van der Waals surface area (Å²) in [5.74, 6) is 0.750. The van der Waals surface area contributed by atoms with E-state index in [1.54, 1.807) is 0 Å². The Morgan fingerprint density at radius 1 is 1.26 bits per heavy atom. The fraction of sp³-hybridized carbons (Fsp3) is 0.812. The molecule has 0 aromatic heterocycles. The van der Waals surface area contributed by atoms with Gasteiger partial charge in [0.15, 0.2) is 0 Å². The van der Waals surface area contributed by atoms with Crippen molar-refractivity contribution in [1.29, 1.82) is 0 Å². The van der Waals surface area contributed by atoms with E-state index in [0.717, 1.165) is 12.3 Å². The Balaban J connectivity index is 2.31. The van der Waals surface area contributed by atoms with Crippen molar-refractivity contribution in [3.63, 3.8) is 0 Å². The van der Waals surface area contributed by atoms with Crippen LogP contribution in [-0.4, -0.2) is 37.6 Å². The van der Waals surface area contributed by atoms with E-state index < -0.39 is 0 Å². The van der Waals surface area contributed by atoms with Crippen LogP contribution in [0.3, 0.4) is 0 Å². The topological polar surface area (TPSA) is 29.5 Å². The summed E-state index contributed by atoms with van der Waals surface area (Å²) in [6.45, 7) is 2.30. The van der Waals surface area contributed by atoms with Crippen molar-refractivity contribution >= 4 is 5.97 Å². The average Bonchev–Trinajstić information content (AvgIpc) is 2.39. The van der Waals surface area contributed by atoms with E-state index in [-0.39, 0.29) is 12.0 Å². The van der Waals surface area contributed by atoms with Crippen LogP contribution < -0.4 is 0 Å². The van der Waals surface area contributed by atoms with Crippen LogP contribution in [0, 0.1) is 5.92 Å². The fourth-order valence-corrected chi connectivity index (χ4v) is 2.69. The Labute approximate surface area is 118 Å². The normalized spacial score (nSPS) is 18.9. The summed E-state index contributed by atoms with van der Waals surface area (Å²) < 4.78 is 5.10. The van der Waals surface area contributed by atoms with E-state index in [9.17, 15) is 4.79 Å². The number of hydrogen-bond acceptors (Lipinski definition) is 3. The SMILES string of the molecule is CCOC(=O)C(CC=CCC1CCCCC1)N(C)C. The van der Waals surface area contributed by atoms with Crippen molar-refractivity contribution in [2.45, 2.75) is 57.9 Å². The second-order valence-corrected chi connectivity index (χ2v) is 5.68. The van der Waals surface area contributed by atoms with E-state index in [0.29, 0.717) is 6.61 Å². The number of nitrogens with zero attached hydrogens (tertiary/aromatic N) is 1. The first-order valence-corrected chi connectivity index (χ1v) is 7.63. The molecular formula is C16H29NO2. The minimum absolute atomic E-state index is 0.116. The van der Waals surface area contributed by atoms with Gasteiger partial charge in [0.1, 0.15) is 6.04 Å². The predicted molar refractivity (Wildman–Crippen MR) is 79.1 cm³/mol. The lowest BCUT2D eigenvalue weighted by Crippen LogP contribution is -2.36. The monoisotopic (exact) mass is 267 g/mol. The number of carbonyl (C=O) groups excluding carboxylic acids is 1. The largest absolute Gasteiger partial charge is 0.465 e. The first-order chi connectivity index (χ1) is 9.15. The zero-order valence-corrected chi connectivity index (χ0v) is 12.7. The van der Waals surface area contributed by atoms with Crippen LogP contribution in [0.4, 0.5) is 0 Å². The molecule has 1 aliphatic carbocycles. The molecule has 1 fully saturated rings. The van der Waals surface area contributed by atoms with Gasteiger partial charge in [0.05, 0.1) is 6.61 Å². The van der Waals surface area contributed by atoms with E-state index in [2.05, 4.69) is 12.2 Å². The van der Waals surface area contributed by atoms with E-state index in [1.807, 2.05) is 25.9 Å². The standard InChI is InChI=1S/C16H29NO2/c1-4-19-16(18)15(17(2)3)13-9-8-12-14-10-6-5-7-11-14/h8-9,14-15H,4-7,10-13H2,1-3H3. The van der Waals surface area contributed by atoms with Gasteiger partial charge in [-0.3, -0.25) is 9.69 Å². The third kappa shape index (κ3) is 6.24. The number of carbonyl (C=O) groups is 1. The third-order valence-electron chi connectivity index (χ3n) is 3.90. The van der Waals surface area contributed by atoms with Crippen LogP contribution in [0.15, 0.2) is 12.2 Å². The van der Waals surface area contributed by atoms with Crippen molar-refractivity contribution in [3.05, 3.63) is 12.2 Å². The molecule has 19 heavy (non-hydrogen) atoms. The van der Waals surface area contributed by atoms with E-state index >= 15 is 0 Å². The molecule has 3 heteroatoms. The maximum atomic E-state index is 11.8. The van der Waals surface area contributed by atoms with Crippen LogP contribution in [0.1, 0.15) is 51.9 Å². The second kappa shape index (κ2) is 9.13. The molecule has 1 atom stereocenters. The molecule has 0 bridgehead atoms. The number of hydrogen-bond donors (Lipinski definition) is 0. The number of ether oxygens (including phenoxy) is 1. The fourth-order valence-electron chi connectivity index (χ4n) is 2.69. The smallest absolute Gasteiger partial charge is 0.323 e. The molecular weight excluding hydrogens is 238 g/mol. The number of rotatable bonds is 7. The molecule has 0 spiro atoms. The molecule has 0 radical (unpaired) electrons. The average molecular weight is 267 g/mol. The van der Waals surface area contributed by atoms with Crippen LogP contribution in [0.5, 0.6) is 0 Å². The summed E-state index contributed by atoms with van der Waals surface area (Å²) in [5.41, 5.74) is 0. The van der Waals surface area contributed by atoms with Gasteiger partial charge >= 0.3 is 5.97 Å². The van der Waals surface area contributed by atoms with Gasteiger partial charge in [-0.1, -0.05) is 44.3 Å². The molecule has 0 amide bonds. The Morgan fingerprint density at radius 3 is 2.53 bits per heavy atom. The van der Waals surface area contributed by atoms with Crippen molar-refractivity contribution in [2.24, 2.45) is 5.92 Å². The third-order valence-corrected chi connectivity index (χ3v) is 3.90. The Morgan fingerprint density at radius 2 is 1.95 bits per heavy atom. The van der Waals surface area contributed by atoms with Gasteiger partial charge in [0.25, 0.3) is 0 Å². The quantitative estimate of drug-likeness (QED) is 0.523. The highest BCUT2D eigenvalue weighted by atomic mass is 16.5. The van der Waals surface area contributed by atoms with Gasteiger partial charge in [-0.15, -0.1) is 0 Å². The van der Waals surface area contributed by atoms with Crippen molar-refractivity contribution < 1.29 is 9.53 Å². The van der Waals surface area contributed by atoms with Crippen LogP contribution in [0.2, 0.25) is 0 Å².